The Morgan fingerprint density at radius 1 is 1.24 bits per heavy atom. The Bertz CT molecular complexity index is 571. The number of piperidine rings is 1. The molecule has 1 aromatic rings. The molecule has 1 aliphatic heterocycles. The fourth-order valence-electron chi connectivity index (χ4n) is 3.37. The molecule has 0 spiro atoms. The number of nitrogens with one attached hydrogen (secondary N) is 1. The normalized spacial score (nSPS) is 16.7. The van der Waals surface area contributed by atoms with E-state index >= 15 is 0 Å². The monoisotopic (exact) mass is 343 g/mol. The van der Waals surface area contributed by atoms with Gasteiger partial charge in [-0.3, -0.25) is 0 Å². The molecule has 3 N–H and O–H groups in total. The summed E-state index contributed by atoms with van der Waals surface area (Å²) in [4.78, 5) is 2.62. The van der Waals surface area contributed by atoms with Gasteiger partial charge in [-0.2, -0.15) is 0 Å². The van der Waals surface area contributed by atoms with Crippen molar-refractivity contribution in [3.8, 4) is 0 Å². The number of nitrogens with zero attached hydrogens (tertiary/aromatic N) is 1. The minimum Gasteiger partial charge on any atom is -0.398 e. The van der Waals surface area contributed by atoms with Gasteiger partial charge < -0.3 is 16.0 Å². The first-order valence-corrected chi connectivity index (χ1v) is 9.73. The zero-order valence-electron chi connectivity index (χ0n) is 16.9. The van der Waals surface area contributed by atoms with E-state index in [1.165, 1.54) is 55.7 Å². The molecule has 140 valence electrons. The first-order valence-electron chi connectivity index (χ1n) is 9.73. The van der Waals surface area contributed by atoms with Crippen LogP contribution in [0.2, 0.25) is 0 Å². The molecule has 0 saturated carbocycles. The average Bonchev–Trinajstić information content (AvgIpc) is 2.54. The third kappa shape index (κ3) is 6.74. The van der Waals surface area contributed by atoms with Crippen molar-refractivity contribution in [3.05, 3.63) is 35.4 Å². The Morgan fingerprint density at radius 3 is 2.52 bits per heavy atom. The van der Waals surface area contributed by atoms with Gasteiger partial charge in [-0.15, -0.1) is 0 Å². The van der Waals surface area contributed by atoms with E-state index in [4.69, 9.17) is 5.73 Å². The quantitative estimate of drug-likeness (QED) is 0.546. The molecule has 0 atom stereocenters. The van der Waals surface area contributed by atoms with E-state index in [0.717, 1.165) is 12.2 Å². The molecule has 3 nitrogen and oxygen atoms in total. The van der Waals surface area contributed by atoms with Crippen LogP contribution in [-0.4, -0.2) is 31.1 Å². The number of allylic oxidation sites excluding steroid dienone is 1. The molecule has 0 radical (unpaired) electrons. The van der Waals surface area contributed by atoms with Crippen molar-refractivity contribution in [3.63, 3.8) is 0 Å². The summed E-state index contributed by atoms with van der Waals surface area (Å²) in [7, 11) is 0. The summed E-state index contributed by atoms with van der Waals surface area (Å²) < 4.78 is 0. The van der Waals surface area contributed by atoms with E-state index < -0.39 is 0 Å². The van der Waals surface area contributed by atoms with Crippen LogP contribution in [0.15, 0.2) is 29.8 Å². The second-order valence-electron chi connectivity index (χ2n) is 8.93. The zero-order chi connectivity index (χ0) is 18.4. The molecule has 1 saturated heterocycles. The molecule has 0 aliphatic carbocycles. The van der Waals surface area contributed by atoms with E-state index in [2.05, 4.69) is 69.1 Å². The molecule has 1 aromatic carbocycles. The van der Waals surface area contributed by atoms with Crippen LogP contribution < -0.4 is 11.1 Å². The van der Waals surface area contributed by atoms with E-state index in [1.807, 2.05) is 0 Å². The third-order valence-corrected chi connectivity index (χ3v) is 5.11. The molecule has 1 aliphatic rings. The lowest BCUT2D eigenvalue weighted by molar-refractivity contribution is 0.185. The second-order valence-corrected chi connectivity index (χ2v) is 8.93. The maximum absolute atomic E-state index is 6.29. The van der Waals surface area contributed by atoms with Gasteiger partial charge in [0.1, 0.15) is 0 Å². The first kappa shape index (κ1) is 19.8. The highest BCUT2D eigenvalue weighted by Crippen LogP contribution is 2.34. The van der Waals surface area contributed by atoms with Gasteiger partial charge in [0, 0.05) is 17.9 Å². The van der Waals surface area contributed by atoms with Crippen molar-refractivity contribution in [1.29, 1.82) is 0 Å². The van der Waals surface area contributed by atoms with Crippen LogP contribution in [-0.2, 0) is 0 Å². The molecule has 25 heavy (non-hydrogen) atoms. The van der Waals surface area contributed by atoms with Gasteiger partial charge in [0.25, 0.3) is 0 Å². The van der Waals surface area contributed by atoms with Crippen molar-refractivity contribution in [2.75, 3.05) is 37.2 Å². The fraction of sp³-hybridized carbons (Fsp3) is 0.636. The van der Waals surface area contributed by atoms with Gasteiger partial charge in [0.2, 0.25) is 0 Å². The molecule has 0 amide bonds. The summed E-state index contributed by atoms with van der Waals surface area (Å²) in [5.74, 6) is 0.594. The Hall–Kier alpha value is -1.48. The summed E-state index contributed by atoms with van der Waals surface area (Å²) in [6, 6.07) is 6.42. The summed E-state index contributed by atoms with van der Waals surface area (Å²) in [5.41, 5.74) is 11.5. The van der Waals surface area contributed by atoms with Crippen molar-refractivity contribution in [1.82, 2.24) is 4.90 Å². The topological polar surface area (TPSA) is 41.3 Å². The van der Waals surface area contributed by atoms with E-state index in [9.17, 15) is 0 Å². The summed E-state index contributed by atoms with van der Waals surface area (Å²) in [5, 5.41) is 3.49. The minimum atomic E-state index is 0.423. The molecular formula is C22H37N3. The van der Waals surface area contributed by atoms with E-state index in [-0.39, 0.29) is 0 Å². The maximum Gasteiger partial charge on any atom is 0.0350 e. The number of rotatable bonds is 6. The highest BCUT2D eigenvalue weighted by Gasteiger charge is 2.23. The van der Waals surface area contributed by atoms with Crippen LogP contribution in [0.4, 0.5) is 11.4 Å². The molecule has 1 fully saturated rings. The molecule has 3 heteroatoms. The predicted molar refractivity (Wildman–Crippen MR) is 111 cm³/mol. The van der Waals surface area contributed by atoms with Crippen molar-refractivity contribution < 1.29 is 0 Å². The Morgan fingerprint density at radius 2 is 1.92 bits per heavy atom. The Kier molecular flexibility index (Phi) is 6.95. The van der Waals surface area contributed by atoms with E-state index in [0.29, 0.717) is 11.3 Å². The Balaban J connectivity index is 1.92. The van der Waals surface area contributed by atoms with Crippen LogP contribution in [0.1, 0.15) is 65.4 Å². The maximum atomic E-state index is 6.29. The smallest absolute Gasteiger partial charge is 0.0350 e. The van der Waals surface area contributed by atoms with Crippen LogP contribution in [0.25, 0.3) is 0 Å². The predicted octanol–water partition coefficient (Wildman–Crippen LogP) is 5.26. The molecule has 1 heterocycles. The van der Waals surface area contributed by atoms with Crippen molar-refractivity contribution in [2.24, 2.45) is 5.41 Å². The third-order valence-electron chi connectivity index (χ3n) is 5.11. The number of hydrogen-bond acceptors (Lipinski definition) is 3. The summed E-state index contributed by atoms with van der Waals surface area (Å²) >= 11 is 0. The lowest BCUT2D eigenvalue weighted by atomic mass is 9.87. The molecule has 0 aromatic heterocycles. The average molecular weight is 344 g/mol. The first-order chi connectivity index (χ1) is 11.7. The molecule has 0 bridgehead atoms. The lowest BCUT2D eigenvalue weighted by Gasteiger charge is -2.34. The summed E-state index contributed by atoms with van der Waals surface area (Å²) in [6.45, 7) is 15.7. The number of benzene rings is 1. The number of nitrogens with two attached hydrogens (primary N) is 1. The highest BCUT2D eigenvalue weighted by atomic mass is 15.1. The molecule has 2 rings (SSSR count). The van der Waals surface area contributed by atoms with Gasteiger partial charge in [0.05, 0.1) is 0 Å². The van der Waals surface area contributed by atoms with Gasteiger partial charge in [-0.25, -0.2) is 0 Å². The van der Waals surface area contributed by atoms with Gasteiger partial charge >= 0.3 is 0 Å². The van der Waals surface area contributed by atoms with Crippen molar-refractivity contribution in [2.45, 2.75) is 59.8 Å². The van der Waals surface area contributed by atoms with Gasteiger partial charge in [-0.1, -0.05) is 32.4 Å². The van der Waals surface area contributed by atoms with Crippen LogP contribution >= 0.6 is 0 Å². The number of likely N-dealkylation sites (tertiary alicyclic amines) is 1. The zero-order valence-corrected chi connectivity index (χ0v) is 16.9. The van der Waals surface area contributed by atoms with Crippen LogP contribution in [0.5, 0.6) is 0 Å². The molecule has 0 unspecified atom stereocenters. The lowest BCUT2D eigenvalue weighted by Crippen LogP contribution is -2.35. The Labute approximate surface area is 154 Å². The van der Waals surface area contributed by atoms with Gasteiger partial charge in [0.15, 0.2) is 0 Å². The number of nitrogen functional groups attached to an aromatic ring is 1. The van der Waals surface area contributed by atoms with E-state index in [1.54, 1.807) is 0 Å². The fourth-order valence-corrected chi connectivity index (χ4v) is 3.37. The largest absolute Gasteiger partial charge is 0.398 e. The SMILES string of the molecule is CC(C)=CCNc1ccc(N)c(C2CCN(CCC(C)(C)C)CC2)c1. The number of anilines is 2. The van der Waals surface area contributed by atoms with Crippen molar-refractivity contribution >= 4 is 11.4 Å². The number of hydrogen-bond donors (Lipinski definition) is 2. The second kappa shape index (κ2) is 8.75. The minimum absolute atomic E-state index is 0.423. The van der Waals surface area contributed by atoms with Crippen LogP contribution in [0.3, 0.4) is 0 Å². The summed E-state index contributed by atoms with van der Waals surface area (Å²) in [6.07, 6.45) is 5.91. The van der Waals surface area contributed by atoms with Gasteiger partial charge in [-0.05, 0) is 87.8 Å². The van der Waals surface area contributed by atoms with Crippen LogP contribution in [0, 0.1) is 5.41 Å². The molecular weight excluding hydrogens is 306 g/mol. The standard InChI is InChI=1S/C22H37N3/c1-17(2)8-12-24-19-6-7-21(23)20(16-19)18-9-13-25(14-10-18)15-11-22(3,4)5/h6-8,16,18,24H,9-15,23H2,1-5H3. The highest BCUT2D eigenvalue weighted by molar-refractivity contribution is 5.58.